The number of nitrogens with two attached hydrogens (primary N) is 1. The molecule has 0 rings (SSSR count). The Morgan fingerprint density at radius 1 is 1.78 bits per heavy atom. The van der Waals surface area contributed by atoms with E-state index in [4.69, 9.17) is 5.73 Å². The number of carbonyl (C=O) groups is 1. The Hall–Kier alpha value is -0.990. The molecule has 0 aliphatic rings. The molecule has 0 bridgehead atoms. The first kappa shape index (κ1) is 8.01. The highest BCUT2D eigenvalue weighted by Gasteiger charge is 1.95. The number of hydrogen-bond acceptors (Lipinski definition) is 2. The Kier molecular flexibility index (Phi) is 3.51. The van der Waals surface area contributed by atoms with E-state index in [1.54, 1.807) is 0 Å². The minimum atomic E-state index is -0.784. The molecule has 9 heavy (non-hydrogen) atoms. The van der Waals surface area contributed by atoms with E-state index in [0.717, 1.165) is 6.42 Å². The van der Waals surface area contributed by atoms with Gasteiger partial charge in [-0.2, -0.15) is 0 Å². The predicted molar refractivity (Wildman–Crippen MR) is 34.7 cm³/mol. The van der Waals surface area contributed by atoms with Crippen LogP contribution in [0.25, 0.3) is 0 Å². The van der Waals surface area contributed by atoms with Crippen molar-refractivity contribution >= 4 is 6.09 Å². The molecule has 1 amide bonds. The normalized spacial score (nSPS) is 8.56. The molecule has 0 aromatic rings. The van der Waals surface area contributed by atoms with Crippen LogP contribution in [0, 0.1) is 0 Å². The SMILES string of the molecule is C=C(CCC)OC(N)=O. The van der Waals surface area contributed by atoms with Crippen LogP contribution in [-0.2, 0) is 4.74 Å². The van der Waals surface area contributed by atoms with Gasteiger partial charge in [-0.15, -0.1) is 0 Å². The Balaban J connectivity index is 3.39. The molecule has 0 unspecified atom stereocenters. The third kappa shape index (κ3) is 4.87. The summed E-state index contributed by atoms with van der Waals surface area (Å²) in [5.41, 5.74) is 4.70. The average molecular weight is 129 g/mol. The summed E-state index contributed by atoms with van der Waals surface area (Å²) >= 11 is 0. The zero-order valence-corrected chi connectivity index (χ0v) is 5.52. The van der Waals surface area contributed by atoms with Crippen LogP contribution in [0.5, 0.6) is 0 Å². The van der Waals surface area contributed by atoms with Crippen LogP contribution >= 0.6 is 0 Å². The van der Waals surface area contributed by atoms with Gasteiger partial charge in [0.15, 0.2) is 0 Å². The standard InChI is InChI=1S/C6H11NO2/c1-3-4-5(2)9-6(7)8/h2-4H2,1H3,(H2,7,8). The summed E-state index contributed by atoms with van der Waals surface area (Å²) in [6.45, 7) is 5.43. The van der Waals surface area contributed by atoms with Crippen molar-refractivity contribution in [1.82, 2.24) is 0 Å². The fourth-order valence-corrected chi connectivity index (χ4v) is 0.472. The molecule has 0 saturated heterocycles. The summed E-state index contributed by atoms with van der Waals surface area (Å²) in [5.74, 6) is 0.435. The van der Waals surface area contributed by atoms with Crippen LogP contribution in [0.15, 0.2) is 12.3 Å². The highest BCUT2D eigenvalue weighted by atomic mass is 16.5. The Morgan fingerprint density at radius 2 is 2.33 bits per heavy atom. The summed E-state index contributed by atoms with van der Waals surface area (Å²) in [6, 6.07) is 0. The minimum Gasteiger partial charge on any atom is -0.416 e. The molecule has 0 heterocycles. The molecule has 0 fully saturated rings. The fourth-order valence-electron chi connectivity index (χ4n) is 0.472. The van der Waals surface area contributed by atoms with Crippen molar-refractivity contribution in [3.05, 3.63) is 12.3 Å². The van der Waals surface area contributed by atoms with Gasteiger partial charge in [0.05, 0.1) is 0 Å². The fraction of sp³-hybridized carbons (Fsp3) is 0.500. The van der Waals surface area contributed by atoms with Crippen molar-refractivity contribution in [3.63, 3.8) is 0 Å². The van der Waals surface area contributed by atoms with Crippen LogP contribution in [-0.4, -0.2) is 6.09 Å². The quantitative estimate of drug-likeness (QED) is 0.585. The summed E-state index contributed by atoms with van der Waals surface area (Å²) in [6.07, 6.45) is 0.808. The van der Waals surface area contributed by atoms with E-state index in [9.17, 15) is 4.79 Å². The lowest BCUT2D eigenvalue weighted by Crippen LogP contribution is -2.11. The lowest BCUT2D eigenvalue weighted by molar-refractivity contribution is 0.184. The molecular formula is C6H11NO2. The lowest BCUT2D eigenvalue weighted by atomic mass is 10.3. The third-order valence-electron chi connectivity index (χ3n) is 0.774. The number of rotatable bonds is 3. The maximum absolute atomic E-state index is 10.0. The number of primary amides is 1. The first-order chi connectivity index (χ1) is 4.16. The van der Waals surface area contributed by atoms with Gasteiger partial charge >= 0.3 is 6.09 Å². The van der Waals surface area contributed by atoms with Gasteiger partial charge in [0.1, 0.15) is 5.76 Å². The summed E-state index contributed by atoms with van der Waals surface area (Å²) in [7, 11) is 0. The van der Waals surface area contributed by atoms with Gasteiger partial charge in [-0.1, -0.05) is 13.5 Å². The van der Waals surface area contributed by atoms with Crippen LogP contribution in [0.1, 0.15) is 19.8 Å². The monoisotopic (exact) mass is 129 g/mol. The van der Waals surface area contributed by atoms with E-state index in [1.165, 1.54) is 0 Å². The number of allylic oxidation sites excluding steroid dienone is 1. The highest BCUT2D eigenvalue weighted by molar-refractivity contribution is 5.65. The second-order valence-corrected chi connectivity index (χ2v) is 1.71. The van der Waals surface area contributed by atoms with E-state index in [-0.39, 0.29) is 0 Å². The molecule has 52 valence electrons. The van der Waals surface area contributed by atoms with Crippen molar-refractivity contribution in [2.24, 2.45) is 5.73 Å². The molecule has 0 spiro atoms. The van der Waals surface area contributed by atoms with Gasteiger partial charge < -0.3 is 10.5 Å². The van der Waals surface area contributed by atoms with Gasteiger partial charge in [0.2, 0.25) is 0 Å². The first-order valence-corrected chi connectivity index (χ1v) is 2.82. The van der Waals surface area contributed by atoms with Crippen LogP contribution in [0.3, 0.4) is 0 Å². The lowest BCUT2D eigenvalue weighted by Gasteiger charge is -2.00. The van der Waals surface area contributed by atoms with Crippen LogP contribution < -0.4 is 5.73 Å². The van der Waals surface area contributed by atoms with Gasteiger partial charge in [-0.25, -0.2) is 4.79 Å². The molecule has 0 saturated carbocycles. The maximum atomic E-state index is 10.0. The van der Waals surface area contributed by atoms with Crippen LogP contribution in [0.4, 0.5) is 4.79 Å². The first-order valence-electron chi connectivity index (χ1n) is 2.82. The van der Waals surface area contributed by atoms with E-state index in [1.807, 2.05) is 6.92 Å². The average Bonchev–Trinajstić information content (AvgIpc) is 1.63. The molecule has 0 aromatic heterocycles. The molecule has 3 heteroatoms. The van der Waals surface area contributed by atoms with Gasteiger partial charge in [-0.3, -0.25) is 0 Å². The summed E-state index contributed by atoms with van der Waals surface area (Å²) < 4.78 is 4.43. The summed E-state index contributed by atoms with van der Waals surface area (Å²) in [4.78, 5) is 10.0. The van der Waals surface area contributed by atoms with Gasteiger partial charge in [0.25, 0.3) is 0 Å². The molecule has 0 radical (unpaired) electrons. The Labute approximate surface area is 54.5 Å². The van der Waals surface area contributed by atoms with E-state index >= 15 is 0 Å². The number of carbonyl (C=O) groups excluding carboxylic acids is 1. The zero-order valence-electron chi connectivity index (χ0n) is 5.52. The predicted octanol–water partition coefficient (Wildman–Crippen LogP) is 1.40. The molecule has 0 aromatic carbocycles. The Morgan fingerprint density at radius 3 is 2.67 bits per heavy atom. The molecule has 0 atom stereocenters. The topological polar surface area (TPSA) is 52.3 Å². The van der Waals surface area contributed by atoms with Crippen LogP contribution in [0.2, 0.25) is 0 Å². The molecule has 3 nitrogen and oxygen atoms in total. The number of ether oxygens (including phenoxy) is 1. The van der Waals surface area contributed by atoms with Crippen molar-refractivity contribution in [1.29, 1.82) is 0 Å². The summed E-state index contributed by atoms with van der Waals surface area (Å²) in [5, 5.41) is 0. The van der Waals surface area contributed by atoms with Gasteiger partial charge in [0, 0.05) is 6.42 Å². The van der Waals surface area contributed by atoms with E-state index in [2.05, 4.69) is 11.3 Å². The second-order valence-electron chi connectivity index (χ2n) is 1.71. The Bertz CT molecular complexity index is 120. The van der Waals surface area contributed by atoms with Crippen molar-refractivity contribution in [2.45, 2.75) is 19.8 Å². The number of amides is 1. The second kappa shape index (κ2) is 3.95. The van der Waals surface area contributed by atoms with Crippen molar-refractivity contribution < 1.29 is 9.53 Å². The molecule has 0 aliphatic carbocycles. The van der Waals surface area contributed by atoms with Crippen molar-refractivity contribution in [3.8, 4) is 0 Å². The number of hydrogen-bond donors (Lipinski definition) is 1. The highest BCUT2D eigenvalue weighted by Crippen LogP contribution is 2.01. The maximum Gasteiger partial charge on any atom is 0.409 e. The smallest absolute Gasteiger partial charge is 0.409 e. The third-order valence-corrected chi connectivity index (χ3v) is 0.774. The zero-order chi connectivity index (χ0) is 7.28. The molecule has 0 aliphatic heterocycles. The molecule has 2 N–H and O–H groups in total. The van der Waals surface area contributed by atoms with Gasteiger partial charge in [-0.05, 0) is 6.42 Å². The van der Waals surface area contributed by atoms with E-state index in [0.29, 0.717) is 12.2 Å². The molecular weight excluding hydrogens is 118 g/mol. The minimum absolute atomic E-state index is 0.435. The van der Waals surface area contributed by atoms with Crippen molar-refractivity contribution in [2.75, 3.05) is 0 Å². The largest absolute Gasteiger partial charge is 0.416 e. The van der Waals surface area contributed by atoms with E-state index < -0.39 is 6.09 Å².